The molecule has 0 aliphatic carbocycles. The van der Waals surface area contributed by atoms with E-state index in [0.717, 1.165) is 17.2 Å². The molecule has 10 heteroatoms. The number of anilines is 1. The van der Waals surface area contributed by atoms with Crippen molar-refractivity contribution in [1.82, 2.24) is 35.0 Å². The first kappa shape index (κ1) is 17.8. The Bertz CT molecular complexity index is 1070. The molecule has 0 spiro atoms. The van der Waals surface area contributed by atoms with Gasteiger partial charge in [0.2, 0.25) is 17.6 Å². The third-order valence-corrected chi connectivity index (χ3v) is 5.13. The van der Waals surface area contributed by atoms with Crippen LogP contribution in [-0.2, 0) is 11.3 Å². The Morgan fingerprint density at radius 2 is 2.14 bits per heavy atom. The highest BCUT2D eigenvalue weighted by Gasteiger charge is 2.26. The zero-order valence-corrected chi connectivity index (χ0v) is 16.3. The van der Waals surface area contributed by atoms with Crippen LogP contribution in [-0.4, -0.2) is 55.3 Å². The number of amides is 1. The zero-order chi connectivity index (χ0) is 20.0. The molecule has 3 N–H and O–H groups in total. The summed E-state index contributed by atoms with van der Waals surface area (Å²) in [6, 6.07) is 3.66. The van der Waals surface area contributed by atoms with Crippen molar-refractivity contribution in [3.05, 3.63) is 24.2 Å². The van der Waals surface area contributed by atoms with Crippen molar-refractivity contribution in [3.63, 3.8) is 0 Å². The number of hydrogen-bond donors (Lipinski definition) is 3. The van der Waals surface area contributed by atoms with Crippen LogP contribution in [0.3, 0.4) is 0 Å². The molecule has 0 saturated carbocycles. The maximum atomic E-state index is 12.2. The molecule has 1 amide bonds. The van der Waals surface area contributed by atoms with Crippen LogP contribution in [0.2, 0.25) is 0 Å². The van der Waals surface area contributed by atoms with E-state index in [1.165, 1.54) is 0 Å². The molecule has 0 atom stereocenters. The summed E-state index contributed by atoms with van der Waals surface area (Å²) in [6.45, 7) is 6.61. The van der Waals surface area contributed by atoms with Crippen LogP contribution in [0.5, 0.6) is 5.88 Å². The highest BCUT2D eigenvalue weighted by molar-refractivity contribution is 5.92. The number of fused-ring (bicyclic) bond motifs is 3. The topological polar surface area (TPSA) is 123 Å². The van der Waals surface area contributed by atoms with E-state index in [0.29, 0.717) is 49.5 Å². The van der Waals surface area contributed by atoms with E-state index < -0.39 is 0 Å². The monoisotopic (exact) mass is 394 g/mol. The van der Waals surface area contributed by atoms with E-state index in [-0.39, 0.29) is 17.7 Å². The Kier molecular flexibility index (Phi) is 4.27. The van der Waals surface area contributed by atoms with Crippen molar-refractivity contribution in [2.45, 2.75) is 26.3 Å². The van der Waals surface area contributed by atoms with Gasteiger partial charge >= 0.3 is 0 Å². The van der Waals surface area contributed by atoms with E-state index in [4.69, 9.17) is 9.72 Å². The largest absolute Gasteiger partial charge is 0.475 e. The standard InChI is InChI=1S/C19H22N8O2/c1-10(2)15-24-16(26-25-15)13-9-27-5-6-29-19-12(17(27)21-13)3-4-14(23-19)22-18(28)11-7-20-8-11/h3-4,9-11,20H,5-8H2,1-2H3,(H,22,23,28)(H,24,25,26). The van der Waals surface area contributed by atoms with Crippen LogP contribution in [0.15, 0.2) is 18.3 Å². The molecule has 1 fully saturated rings. The molecule has 2 aliphatic rings. The van der Waals surface area contributed by atoms with E-state index in [1.807, 2.05) is 16.8 Å². The quantitative estimate of drug-likeness (QED) is 0.611. The van der Waals surface area contributed by atoms with Crippen LogP contribution in [0.4, 0.5) is 5.82 Å². The average Bonchev–Trinajstić information content (AvgIpc) is 3.25. The van der Waals surface area contributed by atoms with Crippen molar-refractivity contribution in [2.75, 3.05) is 25.0 Å². The summed E-state index contributed by atoms with van der Waals surface area (Å²) in [5.41, 5.74) is 1.47. The van der Waals surface area contributed by atoms with Gasteiger partial charge in [-0.3, -0.25) is 9.89 Å². The minimum absolute atomic E-state index is 0.00457. The lowest BCUT2D eigenvalue weighted by Gasteiger charge is -2.25. The predicted molar refractivity (Wildman–Crippen MR) is 105 cm³/mol. The molecule has 0 radical (unpaired) electrons. The molecular formula is C19H22N8O2. The van der Waals surface area contributed by atoms with Crippen LogP contribution < -0.4 is 15.4 Å². The Balaban J connectivity index is 1.45. The minimum Gasteiger partial charge on any atom is -0.475 e. The molecule has 29 heavy (non-hydrogen) atoms. The predicted octanol–water partition coefficient (Wildman–Crippen LogP) is 1.40. The number of rotatable bonds is 4. The van der Waals surface area contributed by atoms with E-state index in [9.17, 15) is 4.79 Å². The van der Waals surface area contributed by atoms with Crippen molar-refractivity contribution in [2.24, 2.45) is 5.92 Å². The van der Waals surface area contributed by atoms with E-state index in [1.54, 1.807) is 6.07 Å². The summed E-state index contributed by atoms with van der Waals surface area (Å²) in [5, 5.41) is 13.2. The van der Waals surface area contributed by atoms with Gasteiger partial charge in [0.15, 0.2) is 0 Å². The lowest BCUT2D eigenvalue weighted by molar-refractivity contribution is -0.121. The molecule has 5 rings (SSSR count). The Morgan fingerprint density at radius 1 is 1.28 bits per heavy atom. The fraction of sp³-hybridized carbons (Fsp3) is 0.421. The maximum absolute atomic E-state index is 12.2. The fourth-order valence-corrected chi connectivity index (χ4v) is 3.29. The van der Waals surface area contributed by atoms with E-state index >= 15 is 0 Å². The molecule has 10 nitrogen and oxygen atoms in total. The molecule has 0 bridgehead atoms. The highest BCUT2D eigenvalue weighted by Crippen LogP contribution is 2.33. The molecule has 0 unspecified atom stereocenters. The second-order valence-electron chi connectivity index (χ2n) is 7.58. The number of pyridine rings is 1. The lowest BCUT2D eigenvalue weighted by Crippen LogP contribution is -2.48. The zero-order valence-electron chi connectivity index (χ0n) is 16.3. The van der Waals surface area contributed by atoms with Gasteiger partial charge in [0.1, 0.15) is 29.8 Å². The number of carbonyl (C=O) groups is 1. The molecule has 5 heterocycles. The number of nitrogens with zero attached hydrogens (tertiary/aromatic N) is 5. The number of H-pyrrole nitrogens is 1. The highest BCUT2D eigenvalue weighted by atomic mass is 16.5. The Hall–Kier alpha value is -3.27. The summed E-state index contributed by atoms with van der Waals surface area (Å²) >= 11 is 0. The number of imidazole rings is 1. The van der Waals surface area contributed by atoms with Crippen LogP contribution in [0.1, 0.15) is 25.6 Å². The lowest BCUT2D eigenvalue weighted by atomic mass is 10.0. The molecular weight excluding hydrogens is 372 g/mol. The van der Waals surface area contributed by atoms with Crippen LogP contribution in [0.25, 0.3) is 22.9 Å². The summed E-state index contributed by atoms with van der Waals surface area (Å²) in [7, 11) is 0. The third-order valence-electron chi connectivity index (χ3n) is 5.13. The number of nitrogens with one attached hydrogen (secondary N) is 3. The SMILES string of the molecule is CC(C)c1nc(-c2cn3c(n2)-c2ccc(NC(=O)C4CNC4)nc2OCC3)n[nH]1. The van der Waals surface area contributed by atoms with Gasteiger partial charge in [-0.2, -0.15) is 10.1 Å². The van der Waals surface area contributed by atoms with Gasteiger partial charge in [-0.05, 0) is 12.1 Å². The van der Waals surface area contributed by atoms with Gasteiger partial charge in [-0.25, -0.2) is 9.97 Å². The fourth-order valence-electron chi connectivity index (χ4n) is 3.29. The van der Waals surface area contributed by atoms with Crippen molar-refractivity contribution >= 4 is 11.7 Å². The summed E-state index contributed by atoms with van der Waals surface area (Å²) < 4.78 is 7.84. The molecule has 3 aromatic rings. The molecule has 3 aromatic heterocycles. The second-order valence-corrected chi connectivity index (χ2v) is 7.58. The number of aromatic amines is 1. The second kappa shape index (κ2) is 6.96. The smallest absolute Gasteiger partial charge is 0.231 e. The van der Waals surface area contributed by atoms with E-state index in [2.05, 4.69) is 44.6 Å². The Morgan fingerprint density at radius 3 is 2.86 bits per heavy atom. The molecule has 1 saturated heterocycles. The van der Waals surface area contributed by atoms with Gasteiger partial charge in [0, 0.05) is 25.2 Å². The number of carbonyl (C=O) groups excluding carboxylic acids is 1. The summed E-state index contributed by atoms with van der Waals surface area (Å²) in [4.78, 5) is 25.9. The first-order valence-electron chi connectivity index (χ1n) is 9.74. The number of ether oxygens (including phenoxy) is 1. The minimum atomic E-state index is -0.0285. The van der Waals surface area contributed by atoms with Gasteiger partial charge in [-0.1, -0.05) is 13.8 Å². The summed E-state index contributed by atoms with van der Waals surface area (Å²) in [5.74, 6) is 3.32. The maximum Gasteiger partial charge on any atom is 0.231 e. The van der Waals surface area contributed by atoms with Crippen molar-refractivity contribution in [3.8, 4) is 28.8 Å². The molecule has 2 aliphatic heterocycles. The molecule has 150 valence electrons. The average molecular weight is 394 g/mol. The normalized spacial score (nSPS) is 15.8. The van der Waals surface area contributed by atoms with Gasteiger partial charge < -0.3 is 19.9 Å². The first-order chi connectivity index (χ1) is 14.1. The van der Waals surface area contributed by atoms with Crippen molar-refractivity contribution < 1.29 is 9.53 Å². The van der Waals surface area contributed by atoms with Crippen LogP contribution in [0, 0.1) is 5.92 Å². The first-order valence-corrected chi connectivity index (χ1v) is 9.74. The number of hydrogen-bond acceptors (Lipinski definition) is 7. The Labute approximate surface area is 167 Å². The van der Waals surface area contributed by atoms with Gasteiger partial charge in [0.05, 0.1) is 18.0 Å². The van der Waals surface area contributed by atoms with Crippen LogP contribution >= 0.6 is 0 Å². The van der Waals surface area contributed by atoms with Gasteiger partial charge in [0.25, 0.3) is 0 Å². The number of aromatic nitrogens is 6. The third kappa shape index (κ3) is 3.25. The van der Waals surface area contributed by atoms with Gasteiger partial charge in [-0.15, -0.1) is 0 Å². The molecule has 0 aromatic carbocycles. The summed E-state index contributed by atoms with van der Waals surface area (Å²) in [6.07, 6.45) is 1.93. The van der Waals surface area contributed by atoms with Crippen molar-refractivity contribution in [1.29, 1.82) is 0 Å².